The summed E-state index contributed by atoms with van der Waals surface area (Å²) in [6, 6.07) is 13.2. The first-order chi connectivity index (χ1) is 11.1. The van der Waals surface area contributed by atoms with Gasteiger partial charge in [-0.1, -0.05) is 23.7 Å². The lowest BCUT2D eigenvalue weighted by Gasteiger charge is -2.03. The highest BCUT2D eigenvalue weighted by Gasteiger charge is 2.07. The Morgan fingerprint density at radius 2 is 1.87 bits per heavy atom. The number of nitrogens with one attached hydrogen (secondary N) is 1. The molecule has 0 bridgehead atoms. The van der Waals surface area contributed by atoms with Crippen LogP contribution < -0.4 is 10.2 Å². The van der Waals surface area contributed by atoms with Gasteiger partial charge in [-0.05, 0) is 42.0 Å². The van der Waals surface area contributed by atoms with Crippen LogP contribution in [-0.2, 0) is 4.79 Å². The number of rotatable bonds is 6. The molecule has 2 N–H and O–H groups in total. The summed E-state index contributed by atoms with van der Waals surface area (Å²) < 4.78 is 5.01. The van der Waals surface area contributed by atoms with E-state index in [9.17, 15) is 9.59 Å². The predicted octanol–water partition coefficient (Wildman–Crippen LogP) is 2.57. The van der Waals surface area contributed by atoms with Gasteiger partial charge in [-0.3, -0.25) is 4.79 Å². The van der Waals surface area contributed by atoms with Gasteiger partial charge >= 0.3 is 5.97 Å². The van der Waals surface area contributed by atoms with Crippen LogP contribution in [0.1, 0.15) is 15.9 Å². The molecule has 7 heteroatoms. The molecular weight excluding hydrogens is 320 g/mol. The summed E-state index contributed by atoms with van der Waals surface area (Å²) in [5, 5.41) is 12.7. The maximum atomic E-state index is 11.9. The zero-order valence-corrected chi connectivity index (χ0v) is 12.7. The van der Waals surface area contributed by atoms with Gasteiger partial charge < -0.3 is 9.84 Å². The minimum Gasteiger partial charge on any atom is -0.482 e. The number of carboxylic acid groups (broad SMARTS) is 1. The number of ether oxygens (including phenoxy) is 1. The first-order valence-corrected chi connectivity index (χ1v) is 6.96. The Bertz CT molecular complexity index is 729. The third kappa shape index (κ3) is 5.12. The van der Waals surface area contributed by atoms with Crippen molar-refractivity contribution in [3.8, 4) is 5.75 Å². The van der Waals surface area contributed by atoms with Crippen molar-refractivity contribution in [2.24, 2.45) is 5.10 Å². The number of carbonyl (C=O) groups excluding carboxylic acids is 1. The number of amides is 1. The minimum atomic E-state index is -1.04. The smallest absolute Gasteiger partial charge is 0.341 e. The molecule has 0 aliphatic heterocycles. The van der Waals surface area contributed by atoms with Gasteiger partial charge in [-0.15, -0.1) is 0 Å². The lowest BCUT2D eigenvalue weighted by Crippen LogP contribution is -2.17. The SMILES string of the molecule is O=C(O)COc1ccc(C=NNC(=O)c2ccccc2Cl)cc1. The van der Waals surface area contributed by atoms with E-state index in [-0.39, 0.29) is 0 Å². The zero-order valence-electron chi connectivity index (χ0n) is 11.9. The van der Waals surface area contributed by atoms with E-state index in [4.69, 9.17) is 21.4 Å². The highest BCUT2D eigenvalue weighted by atomic mass is 35.5. The maximum absolute atomic E-state index is 11.9. The monoisotopic (exact) mass is 332 g/mol. The average molecular weight is 333 g/mol. The Morgan fingerprint density at radius 1 is 1.17 bits per heavy atom. The van der Waals surface area contributed by atoms with Crippen LogP contribution in [0, 0.1) is 0 Å². The number of benzene rings is 2. The molecule has 2 aromatic rings. The Labute approximate surface area is 137 Å². The van der Waals surface area contributed by atoms with E-state index in [0.29, 0.717) is 21.9 Å². The molecule has 0 aliphatic carbocycles. The standard InChI is InChI=1S/C16H13ClN2O4/c17-14-4-2-1-3-13(14)16(22)19-18-9-11-5-7-12(8-6-11)23-10-15(20)21/h1-9H,10H2,(H,19,22)(H,20,21). The van der Waals surface area contributed by atoms with Crippen molar-refractivity contribution in [3.05, 3.63) is 64.7 Å². The topological polar surface area (TPSA) is 88.0 Å². The summed E-state index contributed by atoms with van der Waals surface area (Å²) in [7, 11) is 0. The molecule has 0 unspecified atom stereocenters. The quantitative estimate of drug-likeness (QED) is 0.628. The van der Waals surface area contributed by atoms with Crippen molar-refractivity contribution in [3.63, 3.8) is 0 Å². The van der Waals surface area contributed by atoms with E-state index in [1.54, 1.807) is 48.5 Å². The molecule has 6 nitrogen and oxygen atoms in total. The Hall–Kier alpha value is -2.86. The van der Waals surface area contributed by atoms with Crippen LogP contribution in [0.15, 0.2) is 53.6 Å². The second kappa shape index (κ2) is 7.95. The van der Waals surface area contributed by atoms with E-state index >= 15 is 0 Å². The minimum absolute atomic E-state index is 0.337. The van der Waals surface area contributed by atoms with E-state index in [0.717, 1.165) is 0 Å². The average Bonchev–Trinajstić information content (AvgIpc) is 2.54. The Balaban J connectivity index is 1.92. The zero-order chi connectivity index (χ0) is 16.7. The fourth-order valence-electron chi connectivity index (χ4n) is 1.67. The number of aliphatic carboxylic acids is 1. The van der Waals surface area contributed by atoms with Gasteiger partial charge in [0.05, 0.1) is 16.8 Å². The van der Waals surface area contributed by atoms with Crippen molar-refractivity contribution in [2.75, 3.05) is 6.61 Å². The van der Waals surface area contributed by atoms with Crippen LogP contribution in [0.5, 0.6) is 5.75 Å². The van der Waals surface area contributed by atoms with Crippen LogP contribution in [-0.4, -0.2) is 29.8 Å². The number of nitrogens with zero attached hydrogens (tertiary/aromatic N) is 1. The number of hydrazone groups is 1. The number of halogens is 1. The molecule has 23 heavy (non-hydrogen) atoms. The molecule has 0 saturated heterocycles. The number of carbonyl (C=O) groups is 2. The van der Waals surface area contributed by atoms with Crippen LogP contribution >= 0.6 is 11.6 Å². The lowest BCUT2D eigenvalue weighted by molar-refractivity contribution is -0.139. The first-order valence-electron chi connectivity index (χ1n) is 6.59. The highest BCUT2D eigenvalue weighted by molar-refractivity contribution is 6.33. The number of carboxylic acids is 1. The number of hydrogen-bond acceptors (Lipinski definition) is 4. The molecule has 0 heterocycles. The maximum Gasteiger partial charge on any atom is 0.341 e. The van der Waals surface area contributed by atoms with Gasteiger partial charge in [0.25, 0.3) is 5.91 Å². The molecule has 0 aromatic heterocycles. The molecule has 2 aromatic carbocycles. The number of hydrogen-bond donors (Lipinski definition) is 2. The van der Waals surface area contributed by atoms with Gasteiger partial charge in [-0.2, -0.15) is 5.10 Å². The summed E-state index contributed by atoms with van der Waals surface area (Å²) in [5.41, 5.74) is 3.43. The predicted molar refractivity (Wildman–Crippen MR) is 86.1 cm³/mol. The van der Waals surface area contributed by atoms with Crippen molar-refractivity contribution >= 4 is 29.7 Å². The highest BCUT2D eigenvalue weighted by Crippen LogP contribution is 2.14. The normalized spacial score (nSPS) is 10.5. The molecule has 0 radical (unpaired) electrons. The Kier molecular flexibility index (Phi) is 5.71. The van der Waals surface area contributed by atoms with Crippen LogP contribution in [0.2, 0.25) is 5.02 Å². The summed E-state index contributed by atoms with van der Waals surface area (Å²) in [6.45, 7) is -0.401. The van der Waals surface area contributed by atoms with Gasteiger partial charge in [0.15, 0.2) is 6.61 Å². The van der Waals surface area contributed by atoms with E-state index < -0.39 is 18.5 Å². The molecule has 0 spiro atoms. The summed E-state index contributed by atoms with van der Waals surface area (Å²) >= 11 is 5.92. The summed E-state index contributed by atoms with van der Waals surface area (Å²) in [4.78, 5) is 22.3. The molecule has 0 atom stereocenters. The van der Waals surface area contributed by atoms with Gasteiger partial charge in [0.2, 0.25) is 0 Å². The van der Waals surface area contributed by atoms with E-state index in [1.165, 1.54) is 6.21 Å². The van der Waals surface area contributed by atoms with Gasteiger partial charge in [0, 0.05) is 0 Å². The van der Waals surface area contributed by atoms with Crippen LogP contribution in [0.25, 0.3) is 0 Å². The van der Waals surface area contributed by atoms with Crippen molar-refractivity contribution in [1.82, 2.24) is 5.43 Å². The van der Waals surface area contributed by atoms with Crippen molar-refractivity contribution < 1.29 is 19.4 Å². The molecule has 0 fully saturated rings. The van der Waals surface area contributed by atoms with Gasteiger partial charge in [-0.25, -0.2) is 10.2 Å². The molecule has 1 amide bonds. The molecule has 0 saturated carbocycles. The fraction of sp³-hybridized carbons (Fsp3) is 0.0625. The third-order valence-corrected chi connectivity index (χ3v) is 3.07. The molecule has 2 rings (SSSR count). The van der Waals surface area contributed by atoms with Crippen LogP contribution in [0.4, 0.5) is 0 Å². The second-order valence-electron chi connectivity index (χ2n) is 4.43. The largest absolute Gasteiger partial charge is 0.482 e. The molecule has 0 aliphatic rings. The Morgan fingerprint density at radius 3 is 2.52 bits per heavy atom. The van der Waals surface area contributed by atoms with E-state index in [2.05, 4.69) is 10.5 Å². The van der Waals surface area contributed by atoms with Gasteiger partial charge in [0.1, 0.15) is 5.75 Å². The second-order valence-corrected chi connectivity index (χ2v) is 4.84. The lowest BCUT2D eigenvalue weighted by atomic mass is 10.2. The summed E-state index contributed by atoms with van der Waals surface area (Å²) in [5.74, 6) is -1.02. The third-order valence-electron chi connectivity index (χ3n) is 2.74. The van der Waals surface area contributed by atoms with Crippen molar-refractivity contribution in [1.29, 1.82) is 0 Å². The first kappa shape index (κ1) is 16.5. The molecule has 118 valence electrons. The van der Waals surface area contributed by atoms with Crippen LogP contribution in [0.3, 0.4) is 0 Å². The summed E-state index contributed by atoms with van der Waals surface area (Å²) in [6.07, 6.45) is 1.45. The fourth-order valence-corrected chi connectivity index (χ4v) is 1.89. The van der Waals surface area contributed by atoms with Crippen molar-refractivity contribution in [2.45, 2.75) is 0 Å². The van der Waals surface area contributed by atoms with E-state index in [1.807, 2.05) is 0 Å². The molecular formula is C16H13ClN2O4.